The van der Waals surface area contributed by atoms with Crippen molar-refractivity contribution < 1.29 is 0 Å². The van der Waals surface area contributed by atoms with E-state index in [0.717, 1.165) is 5.00 Å². The Hall–Kier alpha value is -0.250. The van der Waals surface area contributed by atoms with Gasteiger partial charge in [-0.25, -0.2) is 0 Å². The first-order valence-corrected chi connectivity index (χ1v) is 3.34. The minimum absolute atomic E-state index is 1.01. The second kappa shape index (κ2) is 2.91. The third kappa shape index (κ3) is 1.36. The molecule has 0 aromatic carbocycles. The van der Waals surface area contributed by atoms with Crippen molar-refractivity contribution in [1.82, 2.24) is 4.94 Å². The molecule has 0 atom stereocenters. The van der Waals surface area contributed by atoms with Gasteiger partial charge in [0, 0.05) is 0 Å². The lowest BCUT2D eigenvalue weighted by atomic mass is 10.6. The molecular formula is C4H5ClN2S. The van der Waals surface area contributed by atoms with Crippen LogP contribution < -0.4 is 10.4 Å². The summed E-state index contributed by atoms with van der Waals surface area (Å²) in [5.74, 6) is 0. The van der Waals surface area contributed by atoms with Gasteiger partial charge in [-0.15, -0.1) is 16.3 Å². The molecular weight excluding hydrogens is 144 g/mol. The molecule has 2 nitrogen and oxygen atoms in total. The highest BCUT2D eigenvalue weighted by molar-refractivity contribution is 7.14. The summed E-state index contributed by atoms with van der Waals surface area (Å²) in [6.07, 6.45) is 0. The van der Waals surface area contributed by atoms with Crippen molar-refractivity contribution >= 4 is 28.1 Å². The van der Waals surface area contributed by atoms with Crippen molar-refractivity contribution in [3.05, 3.63) is 17.5 Å². The van der Waals surface area contributed by atoms with Crippen molar-refractivity contribution in [2.24, 2.45) is 0 Å². The fraction of sp³-hybridized carbons (Fsp3) is 0. The third-order valence-electron chi connectivity index (χ3n) is 0.692. The quantitative estimate of drug-likeness (QED) is 0.494. The van der Waals surface area contributed by atoms with E-state index >= 15 is 0 Å². The lowest BCUT2D eigenvalue weighted by Crippen LogP contribution is -2.06. The van der Waals surface area contributed by atoms with Crippen LogP contribution in [0.25, 0.3) is 0 Å². The van der Waals surface area contributed by atoms with Gasteiger partial charge in [-0.05, 0) is 29.3 Å². The zero-order valence-corrected chi connectivity index (χ0v) is 5.59. The summed E-state index contributed by atoms with van der Waals surface area (Å²) in [7, 11) is 0. The maximum Gasteiger partial charge on any atom is 0.104 e. The molecule has 1 aromatic heterocycles. The van der Waals surface area contributed by atoms with Gasteiger partial charge in [0.05, 0.1) is 0 Å². The molecule has 0 fully saturated rings. The van der Waals surface area contributed by atoms with Crippen LogP contribution in [0.4, 0.5) is 5.00 Å². The van der Waals surface area contributed by atoms with Gasteiger partial charge in [0.1, 0.15) is 5.00 Å². The standard InChI is InChI=1S/C4H5ClN2S/c5-7-6-4-2-1-3-8-4/h1-3,6-7H. The van der Waals surface area contributed by atoms with Gasteiger partial charge < -0.3 is 0 Å². The van der Waals surface area contributed by atoms with Crippen molar-refractivity contribution in [2.45, 2.75) is 0 Å². The predicted octanol–water partition coefficient (Wildman–Crippen LogP) is 1.82. The van der Waals surface area contributed by atoms with E-state index in [1.807, 2.05) is 17.5 Å². The number of hydrogen-bond donors (Lipinski definition) is 2. The molecule has 0 amide bonds. The average molecular weight is 149 g/mol. The molecule has 44 valence electrons. The fourth-order valence-electron chi connectivity index (χ4n) is 0.396. The minimum Gasteiger partial charge on any atom is -0.299 e. The number of hydrogen-bond acceptors (Lipinski definition) is 3. The lowest BCUT2D eigenvalue weighted by Gasteiger charge is -1.93. The maximum atomic E-state index is 5.14. The van der Waals surface area contributed by atoms with Gasteiger partial charge in [-0.2, -0.15) is 0 Å². The summed E-state index contributed by atoms with van der Waals surface area (Å²) in [6.45, 7) is 0. The third-order valence-corrected chi connectivity index (χ3v) is 1.57. The van der Waals surface area contributed by atoms with Gasteiger partial charge in [0.25, 0.3) is 0 Å². The van der Waals surface area contributed by atoms with E-state index in [1.165, 1.54) is 0 Å². The number of rotatable bonds is 2. The molecule has 1 heterocycles. The van der Waals surface area contributed by atoms with Crippen molar-refractivity contribution in [1.29, 1.82) is 0 Å². The molecule has 0 bridgehead atoms. The Morgan fingerprint density at radius 3 is 3.00 bits per heavy atom. The van der Waals surface area contributed by atoms with Crippen LogP contribution in [0.15, 0.2) is 17.5 Å². The van der Waals surface area contributed by atoms with Crippen LogP contribution in [0.5, 0.6) is 0 Å². The molecule has 2 N–H and O–H groups in total. The van der Waals surface area contributed by atoms with E-state index in [0.29, 0.717) is 0 Å². The van der Waals surface area contributed by atoms with Gasteiger partial charge in [-0.3, -0.25) is 5.43 Å². The summed E-state index contributed by atoms with van der Waals surface area (Å²) in [5.41, 5.74) is 2.72. The zero-order valence-electron chi connectivity index (χ0n) is 4.02. The van der Waals surface area contributed by atoms with Gasteiger partial charge in [0.15, 0.2) is 0 Å². The Kier molecular flexibility index (Phi) is 2.14. The minimum atomic E-state index is 1.01. The molecule has 0 unspecified atom stereocenters. The van der Waals surface area contributed by atoms with E-state index in [9.17, 15) is 0 Å². The fourth-order valence-corrected chi connectivity index (χ4v) is 1.12. The molecule has 0 aliphatic rings. The average Bonchev–Trinajstić information content (AvgIpc) is 2.19. The monoisotopic (exact) mass is 148 g/mol. The Labute approximate surface area is 56.6 Å². The highest BCUT2D eigenvalue weighted by Gasteiger charge is 1.84. The second-order valence-corrected chi connectivity index (χ2v) is 2.33. The number of halogens is 1. The molecule has 0 radical (unpaired) electrons. The highest BCUT2D eigenvalue weighted by Crippen LogP contribution is 2.12. The Morgan fingerprint density at radius 1 is 1.62 bits per heavy atom. The largest absolute Gasteiger partial charge is 0.299 e. The topological polar surface area (TPSA) is 24.1 Å². The van der Waals surface area contributed by atoms with Gasteiger partial charge in [0.2, 0.25) is 0 Å². The molecule has 0 saturated heterocycles. The van der Waals surface area contributed by atoms with Gasteiger partial charge in [-0.1, -0.05) is 0 Å². The van der Waals surface area contributed by atoms with E-state index < -0.39 is 0 Å². The summed E-state index contributed by atoms with van der Waals surface area (Å²) >= 11 is 6.73. The summed E-state index contributed by atoms with van der Waals surface area (Å²) in [6, 6.07) is 3.88. The SMILES string of the molecule is ClNNc1cccs1. The van der Waals surface area contributed by atoms with Crippen molar-refractivity contribution in [3.8, 4) is 0 Å². The number of nitrogens with one attached hydrogen (secondary N) is 2. The Bertz CT molecular complexity index is 140. The first-order chi connectivity index (χ1) is 3.93. The van der Waals surface area contributed by atoms with Crippen LogP contribution in [0, 0.1) is 0 Å². The molecule has 1 rings (SSSR count). The molecule has 8 heavy (non-hydrogen) atoms. The van der Waals surface area contributed by atoms with Crippen molar-refractivity contribution in [3.63, 3.8) is 0 Å². The maximum absolute atomic E-state index is 5.14. The van der Waals surface area contributed by atoms with Crippen LogP contribution in [0.2, 0.25) is 0 Å². The molecule has 0 saturated carbocycles. The van der Waals surface area contributed by atoms with Crippen LogP contribution in [-0.2, 0) is 0 Å². The van der Waals surface area contributed by atoms with E-state index in [1.54, 1.807) is 11.3 Å². The van der Waals surface area contributed by atoms with Crippen LogP contribution in [0.1, 0.15) is 0 Å². The zero-order chi connectivity index (χ0) is 5.82. The first-order valence-electron chi connectivity index (χ1n) is 2.08. The number of hydrazine groups is 1. The molecule has 1 aromatic rings. The summed E-state index contributed by atoms with van der Waals surface area (Å²) in [4.78, 5) is 2.30. The first kappa shape index (κ1) is 5.88. The van der Waals surface area contributed by atoms with E-state index in [-0.39, 0.29) is 0 Å². The number of anilines is 1. The van der Waals surface area contributed by atoms with E-state index in [2.05, 4.69) is 10.4 Å². The molecule has 0 aliphatic carbocycles. The normalized spacial score (nSPS) is 9.12. The smallest absolute Gasteiger partial charge is 0.104 e. The molecule has 0 spiro atoms. The van der Waals surface area contributed by atoms with Crippen LogP contribution >= 0.6 is 23.1 Å². The molecule has 0 aliphatic heterocycles. The second-order valence-electron chi connectivity index (χ2n) is 1.20. The summed E-state index contributed by atoms with van der Waals surface area (Å²) < 4.78 is 0. The van der Waals surface area contributed by atoms with Crippen LogP contribution in [-0.4, -0.2) is 0 Å². The highest BCUT2D eigenvalue weighted by atomic mass is 35.5. The van der Waals surface area contributed by atoms with Crippen molar-refractivity contribution in [2.75, 3.05) is 5.43 Å². The molecule has 4 heteroatoms. The Balaban J connectivity index is 2.50. The summed E-state index contributed by atoms with van der Waals surface area (Å²) in [5, 5.41) is 2.98. The van der Waals surface area contributed by atoms with Gasteiger partial charge >= 0.3 is 0 Å². The Morgan fingerprint density at radius 2 is 2.50 bits per heavy atom. The predicted molar refractivity (Wildman–Crippen MR) is 36.9 cm³/mol. The van der Waals surface area contributed by atoms with E-state index in [4.69, 9.17) is 11.8 Å². The van der Waals surface area contributed by atoms with Crippen LogP contribution in [0.3, 0.4) is 0 Å². The lowest BCUT2D eigenvalue weighted by molar-refractivity contribution is 1.22. The number of thiophene rings is 1.